The highest BCUT2D eigenvalue weighted by molar-refractivity contribution is 5.90. The number of nitrogens with zero attached hydrogens (tertiary/aromatic N) is 5. The fourth-order valence-electron chi connectivity index (χ4n) is 3.06. The van der Waals surface area contributed by atoms with Crippen LogP contribution in [0.15, 0.2) is 65.8 Å². The first-order valence-corrected chi connectivity index (χ1v) is 9.53. The lowest BCUT2D eigenvalue weighted by atomic mass is 10.1. The molecule has 30 heavy (non-hydrogen) atoms. The molecule has 0 bridgehead atoms. The van der Waals surface area contributed by atoms with E-state index in [1.807, 2.05) is 44.2 Å². The molecule has 0 saturated heterocycles. The molecule has 0 radical (unpaired) electrons. The van der Waals surface area contributed by atoms with Crippen molar-refractivity contribution in [2.45, 2.75) is 26.3 Å². The second-order valence-corrected chi connectivity index (χ2v) is 7.15. The Balaban J connectivity index is 1.55. The standard InChI is InChI=1S/C21H21N7O2/c1-14(2)21-17(23-15-6-4-3-5-7-15)10-20(30)28(26-21)12-19(29)24-16-8-9-18-25-22-13-27(18)11-16/h3-11,13-14,23H,12H2,1-2H3,(H,24,29). The third-order valence-corrected chi connectivity index (χ3v) is 4.49. The summed E-state index contributed by atoms with van der Waals surface area (Å²) in [5, 5.41) is 18.2. The van der Waals surface area contributed by atoms with Crippen LogP contribution in [-0.2, 0) is 11.3 Å². The number of benzene rings is 1. The smallest absolute Gasteiger partial charge is 0.269 e. The highest BCUT2D eigenvalue weighted by Gasteiger charge is 2.15. The number of carbonyl (C=O) groups excluding carboxylic acids is 1. The van der Waals surface area contributed by atoms with Crippen LogP contribution >= 0.6 is 0 Å². The van der Waals surface area contributed by atoms with Gasteiger partial charge in [-0.05, 0) is 30.2 Å². The predicted octanol–water partition coefficient (Wildman–Crippen LogP) is 2.79. The van der Waals surface area contributed by atoms with Gasteiger partial charge in [-0.15, -0.1) is 10.2 Å². The summed E-state index contributed by atoms with van der Waals surface area (Å²) in [5.74, 6) is -0.294. The first-order valence-electron chi connectivity index (χ1n) is 9.53. The van der Waals surface area contributed by atoms with Crippen molar-refractivity contribution in [2.75, 3.05) is 10.6 Å². The molecule has 2 N–H and O–H groups in total. The van der Waals surface area contributed by atoms with Gasteiger partial charge in [0.1, 0.15) is 12.9 Å². The Bertz CT molecular complexity index is 1250. The van der Waals surface area contributed by atoms with Gasteiger partial charge in [-0.1, -0.05) is 32.0 Å². The highest BCUT2D eigenvalue weighted by atomic mass is 16.2. The fraction of sp³-hybridized carbons (Fsp3) is 0.190. The minimum Gasteiger partial charge on any atom is -0.354 e. The highest BCUT2D eigenvalue weighted by Crippen LogP contribution is 2.23. The van der Waals surface area contributed by atoms with Gasteiger partial charge < -0.3 is 10.6 Å². The third kappa shape index (κ3) is 4.19. The molecule has 0 aliphatic heterocycles. The summed E-state index contributed by atoms with van der Waals surface area (Å²) >= 11 is 0. The minimum absolute atomic E-state index is 0.0577. The number of nitrogens with one attached hydrogen (secondary N) is 2. The number of pyridine rings is 1. The zero-order valence-electron chi connectivity index (χ0n) is 16.6. The molecule has 0 aliphatic carbocycles. The Hall–Kier alpha value is -4.01. The average Bonchev–Trinajstić information content (AvgIpc) is 3.18. The summed E-state index contributed by atoms with van der Waals surface area (Å²) in [5.41, 5.74) is 3.09. The quantitative estimate of drug-likeness (QED) is 0.513. The van der Waals surface area contributed by atoms with Gasteiger partial charge in [0.2, 0.25) is 5.91 Å². The first kappa shape index (κ1) is 19.3. The largest absolute Gasteiger partial charge is 0.354 e. The average molecular weight is 403 g/mol. The summed E-state index contributed by atoms with van der Waals surface area (Å²) in [4.78, 5) is 25.1. The Labute approximate surface area is 172 Å². The van der Waals surface area contributed by atoms with Crippen molar-refractivity contribution in [3.8, 4) is 0 Å². The van der Waals surface area contributed by atoms with Gasteiger partial charge in [-0.2, -0.15) is 5.10 Å². The zero-order valence-corrected chi connectivity index (χ0v) is 16.6. The van der Waals surface area contributed by atoms with Crippen molar-refractivity contribution in [1.29, 1.82) is 0 Å². The van der Waals surface area contributed by atoms with Crippen molar-refractivity contribution >= 4 is 28.6 Å². The van der Waals surface area contributed by atoms with Gasteiger partial charge in [-0.25, -0.2) is 4.68 Å². The topological polar surface area (TPSA) is 106 Å². The first-order chi connectivity index (χ1) is 14.5. The molecule has 3 heterocycles. The molecular formula is C21H21N7O2. The maximum absolute atomic E-state index is 12.6. The number of fused-ring (bicyclic) bond motifs is 1. The molecule has 9 heteroatoms. The molecule has 4 aromatic rings. The zero-order chi connectivity index (χ0) is 21.1. The van der Waals surface area contributed by atoms with Crippen LogP contribution < -0.4 is 16.2 Å². The van der Waals surface area contributed by atoms with Gasteiger partial charge in [0.05, 0.1) is 17.1 Å². The Morgan fingerprint density at radius 1 is 1.10 bits per heavy atom. The van der Waals surface area contributed by atoms with E-state index in [9.17, 15) is 9.59 Å². The van der Waals surface area contributed by atoms with Crippen LogP contribution in [0.3, 0.4) is 0 Å². The molecule has 1 amide bonds. The van der Waals surface area contributed by atoms with Crippen LogP contribution in [0, 0.1) is 0 Å². The van der Waals surface area contributed by atoms with E-state index >= 15 is 0 Å². The molecule has 9 nitrogen and oxygen atoms in total. The second-order valence-electron chi connectivity index (χ2n) is 7.15. The summed E-state index contributed by atoms with van der Waals surface area (Å²) in [6, 6.07) is 14.5. The summed E-state index contributed by atoms with van der Waals surface area (Å²) < 4.78 is 2.87. The number of hydrogen-bond acceptors (Lipinski definition) is 6. The van der Waals surface area contributed by atoms with Crippen molar-refractivity contribution in [3.05, 3.63) is 77.1 Å². The maximum Gasteiger partial charge on any atom is 0.269 e. The van der Waals surface area contributed by atoms with E-state index < -0.39 is 0 Å². The van der Waals surface area contributed by atoms with Crippen LogP contribution in [0.4, 0.5) is 17.1 Å². The van der Waals surface area contributed by atoms with Crippen molar-refractivity contribution in [2.24, 2.45) is 0 Å². The van der Waals surface area contributed by atoms with E-state index in [0.717, 1.165) is 5.69 Å². The molecule has 4 rings (SSSR count). The van der Waals surface area contributed by atoms with Crippen LogP contribution in [-0.4, -0.2) is 30.3 Å². The van der Waals surface area contributed by atoms with Gasteiger partial charge in [-0.3, -0.25) is 14.0 Å². The molecule has 3 aromatic heterocycles. The number of hydrogen-bond donors (Lipinski definition) is 2. The van der Waals surface area contributed by atoms with E-state index in [1.165, 1.54) is 10.7 Å². The van der Waals surface area contributed by atoms with Crippen LogP contribution in [0.1, 0.15) is 25.5 Å². The Morgan fingerprint density at radius 2 is 1.90 bits per heavy atom. The lowest BCUT2D eigenvalue weighted by Crippen LogP contribution is -2.30. The van der Waals surface area contributed by atoms with E-state index in [-0.39, 0.29) is 23.9 Å². The molecule has 0 atom stereocenters. The van der Waals surface area contributed by atoms with Gasteiger partial charge in [0, 0.05) is 18.0 Å². The van der Waals surface area contributed by atoms with Crippen LogP contribution in [0.2, 0.25) is 0 Å². The van der Waals surface area contributed by atoms with E-state index in [0.29, 0.717) is 22.7 Å². The number of para-hydroxylation sites is 1. The van der Waals surface area contributed by atoms with Crippen molar-refractivity contribution in [1.82, 2.24) is 24.4 Å². The predicted molar refractivity (Wildman–Crippen MR) is 114 cm³/mol. The molecule has 0 aliphatic rings. The lowest BCUT2D eigenvalue weighted by molar-refractivity contribution is -0.117. The van der Waals surface area contributed by atoms with Crippen LogP contribution in [0.25, 0.3) is 5.65 Å². The van der Waals surface area contributed by atoms with Crippen molar-refractivity contribution < 1.29 is 4.79 Å². The number of amides is 1. The minimum atomic E-state index is -0.359. The van der Waals surface area contributed by atoms with E-state index in [2.05, 4.69) is 25.9 Å². The lowest BCUT2D eigenvalue weighted by Gasteiger charge is -2.16. The van der Waals surface area contributed by atoms with E-state index in [1.54, 1.807) is 29.1 Å². The molecule has 0 unspecified atom stereocenters. The van der Waals surface area contributed by atoms with Crippen LogP contribution in [0.5, 0.6) is 0 Å². The molecule has 0 fully saturated rings. The van der Waals surface area contributed by atoms with Crippen molar-refractivity contribution in [3.63, 3.8) is 0 Å². The Kier molecular flexibility index (Phi) is 5.25. The number of aromatic nitrogens is 5. The number of anilines is 3. The number of rotatable bonds is 6. The van der Waals surface area contributed by atoms with Gasteiger partial charge in [0.15, 0.2) is 5.65 Å². The molecular weight excluding hydrogens is 382 g/mol. The normalized spacial score (nSPS) is 11.0. The van der Waals surface area contributed by atoms with Gasteiger partial charge in [0.25, 0.3) is 5.56 Å². The summed E-state index contributed by atoms with van der Waals surface area (Å²) in [6.45, 7) is 3.79. The van der Waals surface area contributed by atoms with Gasteiger partial charge >= 0.3 is 0 Å². The summed E-state index contributed by atoms with van der Waals surface area (Å²) in [6.07, 6.45) is 3.25. The maximum atomic E-state index is 12.6. The molecule has 1 aromatic carbocycles. The molecule has 0 spiro atoms. The fourth-order valence-corrected chi connectivity index (χ4v) is 3.06. The molecule has 152 valence electrons. The summed E-state index contributed by atoms with van der Waals surface area (Å²) in [7, 11) is 0. The third-order valence-electron chi connectivity index (χ3n) is 4.49. The SMILES string of the molecule is CC(C)c1nn(CC(=O)Nc2ccc3nncn3c2)c(=O)cc1Nc1ccccc1. The molecule has 0 saturated carbocycles. The Morgan fingerprint density at radius 3 is 2.67 bits per heavy atom. The monoisotopic (exact) mass is 403 g/mol. The van der Waals surface area contributed by atoms with E-state index in [4.69, 9.17) is 0 Å². The second kappa shape index (κ2) is 8.16. The number of carbonyl (C=O) groups is 1.